The second kappa shape index (κ2) is 7.59. The Morgan fingerprint density at radius 3 is 2.35 bits per heavy atom. The van der Waals surface area contributed by atoms with Crippen molar-refractivity contribution in [1.82, 2.24) is 9.62 Å². The Morgan fingerprint density at radius 2 is 1.87 bits per heavy atom. The molecule has 1 amide bonds. The Hall–Kier alpha value is -1.88. The second-order valence-electron chi connectivity index (χ2n) is 5.73. The topological polar surface area (TPSA) is 86.7 Å². The van der Waals surface area contributed by atoms with Crippen LogP contribution >= 0.6 is 0 Å². The van der Waals surface area contributed by atoms with E-state index in [1.165, 1.54) is 11.4 Å². The lowest BCUT2D eigenvalue weighted by Gasteiger charge is -2.14. The van der Waals surface area contributed by atoms with Gasteiger partial charge < -0.3 is 10.4 Å². The monoisotopic (exact) mass is 338 g/mol. The number of benzene rings is 1. The zero-order valence-corrected chi connectivity index (χ0v) is 14.6. The lowest BCUT2D eigenvalue weighted by molar-refractivity contribution is 0.0952. The summed E-state index contributed by atoms with van der Waals surface area (Å²) in [6, 6.07) is 6.64. The molecule has 0 saturated heterocycles. The first-order valence-corrected chi connectivity index (χ1v) is 8.89. The summed E-state index contributed by atoms with van der Waals surface area (Å²) in [7, 11) is -1.79. The zero-order valence-electron chi connectivity index (χ0n) is 13.8. The highest BCUT2D eigenvalue weighted by Crippen LogP contribution is 2.05. The van der Waals surface area contributed by atoms with Crippen LogP contribution < -0.4 is 5.32 Å². The minimum absolute atomic E-state index is 0.208. The fraction of sp³-hybridized carbons (Fsp3) is 0.438. The van der Waals surface area contributed by atoms with E-state index in [0.29, 0.717) is 11.1 Å². The number of nitrogens with zero attached hydrogens (tertiary/aromatic N) is 1. The van der Waals surface area contributed by atoms with Gasteiger partial charge in [-0.3, -0.25) is 4.79 Å². The van der Waals surface area contributed by atoms with E-state index in [9.17, 15) is 18.3 Å². The smallest absolute Gasteiger partial charge is 0.251 e. The maximum atomic E-state index is 11.9. The Labute approximate surface area is 137 Å². The number of hydrogen-bond acceptors (Lipinski definition) is 4. The molecule has 6 nitrogen and oxygen atoms in total. The quantitative estimate of drug-likeness (QED) is 0.762. The highest BCUT2D eigenvalue weighted by Gasteiger charge is 2.11. The van der Waals surface area contributed by atoms with Crippen LogP contribution in [0.15, 0.2) is 24.3 Å². The minimum atomic E-state index is -3.24. The molecule has 0 aliphatic carbocycles. The number of amides is 1. The van der Waals surface area contributed by atoms with Crippen LogP contribution in [0.4, 0.5) is 0 Å². The molecule has 0 fully saturated rings. The fourth-order valence-electron chi connectivity index (χ4n) is 1.52. The van der Waals surface area contributed by atoms with Crippen LogP contribution in [0, 0.1) is 11.8 Å². The third-order valence-corrected chi connectivity index (χ3v) is 4.25. The number of hydrogen-bond donors (Lipinski definition) is 2. The molecule has 0 spiro atoms. The van der Waals surface area contributed by atoms with E-state index in [2.05, 4.69) is 17.2 Å². The standard InChI is InChI=1S/C16H22N2O4S/c1-16(2,20)10-9-13-5-7-14(8-6-13)15(19)17-11-12-18(3)23(4,21)22/h5-8,20H,11-12H2,1-4H3,(H,17,19). The van der Waals surface area contributed by atoms with E-state index in [1.807, 2.05) is 0 Å². The van der Waals surface area contributed by atoms with Gasteiger partial charge in [-0.15, -0.1) is 0 Å². The second-order valence-corrected chi connectivity index (χ2v) is 7.82. The number of nitrogens with one attached hydrogen (secondary N) is 1. The van der Waals surface area contributed by atoms with Gasteiger partial charge in [0.2, 0.25) is 10.0 Å². The van der Waals surface area contributed by atoms with E-state index in [4.69, 9.17) is 0 Å². The molecule has 0 saturated carbocycles. The first-order valence-electron chi connectivity index (χ1n) is 7.04. The van der Waals surface area contributed by atoms with E-state index >= 15 is 0 Å². The van der Waals surface area contributed by atoms with Gasteiger partial charge in [-0.2, -0.15) is 0 Å². The Morgan fingerprint density at radius 1 is 1.30 bits per heavy atom. The number of carbonyl (C=O) groups is 1. The van der Waals surface area contributed by atoms with E-state index < -0.39 is 15.6 Å². The van der Waals surface area contributed by atoms with Crippen molar-refractivity contribution in [2.45, 2.75) is 19.4 Å². The van der Waals surface area contributed by atoms with Gasteiger partial charge in [-0.25, -0.2) is 12.7 Å². The number of carbonyl (C=O) groups excluding carboxylic acids is 1. The summed E-state index contributed by atoms with van der Waals surface area (Å²) >= 11 is 0. The van der Waals surface area contributed by atoms with Crippen LogP contribution in [0.5, 0.6) is 0 Å². The summed E-state index contributed by atoms with van der Waals surface area (Å²) in [6.45, 7) is 3.62. The zero-order chi connectivity index (χ0) is 17.7. The van der Waals surface area contributed by atoms with Crippen LogP contribution in [-0.2, 0) is 10.0 Å². The minimum Gasteiger partial charge on any atom is -0.378 e. The molecule has 0 unspecified atom stereocenters. The summed E-state index contributed by atoms with van der Waals surface area (Å²) in [5, 5.41) is 12.2. The summed E-state index contributed by atoms with van der Waals surface area (Å²) < 4.78 is 23.6. The maximum Gasteiger partial charge on any atom is 0.251 e. The maximum absolute atomic E-state index is 11.9. The highest BCUT2D eigenvalue weighted by molar-refractivity contribution is 7.88. The van der Waals surface area contributed by atoms with Gasteiger partial charge in [0.1, 0.15) is 5.60 Å². The SMILES string of the molecule is CN(CCNC(=O)c1ccc(C#CC(C)(C)O)cc1)S(C)(=O)=O. The fourth-order valence-corrected chi connectivity index (χ4v) is 1.95. The molecule has 7 heteroatoms. The van der Waals surface area contributed by atoms with Crippen molar-refractivity contribution in [3.05, 3.63) is 35.4 Å². The van der Waals surface area contributed by atoms with Crippen LogP contribution in [0.1, 0.15) is 29.8 Å². The number of rotatable bonds is 5. The van der Waals surface area contributed by atoms with E-state index in [-0.39, 0.29) is 19.0 Å². The number of sulfonamides is 1. The van der Waals surface area contributed by atoms with Gasteiger partial charge in [0.05, 0.1) is 6.26 Å². The largest absolute Gasteiger partial charge is 0.378 e. The summed E-state index contributed by atoms with van der Waals surface area (Å²) in [4.78, 5) is 11.9. The summed E-state index contributed by atoms with van der Waals surface area (Å²) in [5.74, 6) is 5.23. The molecule has 0 bridgehead atoms. The van der Waals surface area contributed by atoms with Gasteiger partial charge in [-0.05, 0) is 38.1 Å². The molecule has 1 aromatic carbocycles. The predicted octanol–water partition coefficient (Wildman–Crippen LogP) is 0.430. The summed E-state index contributed by atoms with van der Waals surface area (Å²) in [5.41, 5.74) is 0.0862. The molecular formula is C16H22N2O4S. The average molecular weight is 338 g/mol. The molecule has 0 aliphatic heterocycles. The molecular weight excluding hydrogens is 316 g/mol. The first kappa shape index (κ1) is 19.2. The lowest BCUT2D eigenvalue weighted by atomic mass is 10.1. The van der Waals surface area contributed by atoms with Gasteiger partial charge in [-0.1, -0.05) is 11.8 Å². The van der Waals surface area contributed by atoms with Crippen molar-refractivity contribution in [3.8, 4) is 11.8 Å². The Bertz CT molecular complexity index is 707. The molecule has 0 heterocycles. The van der Waals surface area contributed by atoms with Gasteiger partial charge in [0, 0.05) is 31.3 Å². The molecule has 1 aromatic rings. The van der Waals surface area contributed by atoms with Crippen molar-refractivity contribution in [2.75, 3.05) is 26.4 Å². The average Bonchev–Trinajstić information content (AvgIpc) is 2.43. The highest BCUT2D eigenvalue weighted by atomic mass is 32.2. The normalized spacial score (nSPS) is 11.7. The molecule has 0 radical (unpaired) electrons. The van der Waals surface area contributed by atoms with Crippen LogP contribution in [0.2, 0.25) is 0 Å². The van der Waals surface area contributed by atoms with Gasteiger partial charge in [0.15, 0.2) is 0 Å². The van der Waals surface area contributed by atoms with Gasteiger partial charge >= 0.3 is 0 Å². The van der Waals surface area contributed by atoms with Crippen molar-refractivity contribution >= 4 is 15.9 Å². The van der Waals surface area contributed by atoms with Crippen molar-refractivity contribution in [2.24, 2.45) is 0 Å². The van der Waals surface area contributed by atoms with Crippen molar-refractivity contribution < 1.29 is 18.3 Å². The lowest BCUT2D eigenvalue weighted by Crippen LogP contribution is -2.35. The third kappa shape index (κ3) is 7.28. The summed E-state index contributed by atoms with van der Waals surface area (Å²) in [6.07, 6.45) is 1.11. The van der Waals surface area contributed by atoms with Crippen LogP contribution in [0.3, 0.4) is 0 Å². The molecule has 23 heavy (non-hydrogen) atoms. The third-order valence-electron chi connectivity index (χ3n) is 2.94. The number of likely N-dealkylation sites (N-methyl/N-ethyl adjacent to an activating group) is 1. The van der Waals surface area contributed by atoms with Crippen molar-refractivity contribution in [3.63, 3.8) is 0 Å². The number of aliphatic hydroxyl groups is 1. The van der Waals surface area contributed by atoms with E-state index in [0.717, 1.165) is 6.26 Å². The molecule has 0 atom stereocenters. The Kier molecular flexibility index (Phi) is 6.33. The molecule has 126 valence electrons. The van der Waals surface area contributed by atoms with Crippen molar-refractivity contribution in [1.29, 1.82) is 0 Å². The molecule has 0 aliphatic rings. The molecule has 0 aromatic heterocycles. The van der Waals surface area contributed by atoms with Gasteiger partial charge in [0.25, 0.3) is 5.91 Å². The molecule has 1 rings (SSSR count). The first-order chi connectivity index (χ1) is 10.5. The van der Waals surface area contributed by atoms with Crippen LogP contribution in [-0.4, -0.2) is 55.7 Å². The Balaban J connectivity index is 2.59. The molecule has 2 N–H and O–H groups in total. The van der Waals surface area contributed by atoms with Crippen LogP contribution in [0.25, 0.3) is 0 Å². The predicted molar refractivity (Wildman–Crippen MR) is 89.4 cm³/mol. The van der Waals surface area contributed by atoms with E-state index in [1.54, 1.807) is 38.1 Å².